The molecule has 1 aromatic carbocycles. The molecule has 0 spiro atoms. The zero-order valence-corrected chi connectivity index (χ0v) is 16.7. The van der Waals surface area contributed by atoms with Crippen molar-refractivity contribution >= 4 is 39.1 Å². The molecule has 134 valence electrons. The summed E-state index contributed by atoms with van der Waals surface area (Å²) in [5.41, 5.74) is 0.324. The van der Waals surface area contributed by atoms with Crippen molar-refractivity contribution < 1.29 is 14.0 Å². The Bertz CT molecular complexity index is 746. The number of likely N-dealkylation sites (N-methyl/N-ethyl adjacent to an activating group) is 1. The fraction of sp³-hybridized carbons (Fsp3) is 0.333. The monoisotopic (exact) mass is 426 g/mol. The van der Waals surface area contributed by atoms with Crippen LogP contribution in [0.25, 0.3) is 0 Å². The Morgan fingerprint density at radius 1 is 1.20 bits per heavy atom. The van der Waals surface area contributed by atoms with E-state index >= 15 is 0 Å². The van der Waals surface area contributed by atoms with Crippen LogP contribution in [-0.4, -0.2) is 29.8 Å². The van der Waals surface area contributed by atoms with Gasteiger partial charge in [0.15, 0.2) is 0 Å². The Kier molecular flexibility index (Phi) is 6.72. The van der Waals surface area contributed by atoms with Gasteiger partial charge < -0.3 is 10.2 Å². The first kappa shape index (κ1) is 19.6. The van der Waals surface area contributed by atoms with E-state index in [0.29, 0.717) is 12.1 Å². The highest BCUT2D eigenvalue weighted by Crippen LogP contribution is 2.23. The molecule has 25 heavy (non-hydrogen) atoms. The van der Waals surface area contributed by atoms with Crippen molar-refractivity contribution in [3.8, 4) is 0 Å². The van der Waals surface area contributed by atoms with Gasteiger partial charge in [0.1, 0.15) is 11.9 Å². The molecule has 2 rings (SSSR count). The van der Waals surface area contributed by atoms with Crippen LogP contribution in [0, 0.1) is 11.7 Å². The number of thiophene rings is 1. The summed E-state index contributed by atoms with van der Waals surface area (Å²) in [5, 5.41) is 2.77. The summed E-state index contributed by atoms with van der Waals surface area (Å²) < 4.78 is 14.0. The van der Waals surface area contributed by atoms with Gasteiger partial charge in [-0.2, -0.15) is 0 Å². The summed E-state index contributed by atoms with van der Waals surface area (Å²) in [6.07, 6.45) is 0. The summed E-state index contributed by atoms with van der Waals surface area (Å²) in [7, 11) is 1.72. The number of carbonyl (C=O) groups excluding carboxylic acids is 2. The average Bonchev–Trinajstić information content (AvgIpc) is 2.97. The van der Waals surface area contributed by atoms with Crippen LogP contribution in [0.5, 0.6) is 0 Å². The summed E-state index contributed by atoms with van der Waals surface area (Å²) in [5.74, 6) is -1.03. The van der Waals surface area contributed by atoms with E-state index in [1.165, 1.54) is 24.3 Å². The third kappa shape index (κ3) is 5.37. The van der Waals surface area contributed by atoms with Gasteiger partial charge in [-0.1, -0.05) is 13.8 Å². The normalized spacial score (nSPS) is 12.1. The predicted molar refractivity (Wildman–Crippen MR) is 101 cm³/mol. The smallest absolute Gasteiger partial charge is 0.251 e. The van der Waals surface area contributed by atoms with Crippen molar-refractivity contribution in [3.05, 3.63) is 56.4 Å². The minimum atomic E-state index is -0.647. The van der Waals surface area contributed by atoms with E-state index < -0.39 is 11.9 Å². The maximum absolute atomic E-state index is 13.0. The van der Waals surface area contributed by atoms with Gasteiger partial charge in [-0.3, -0.25) is 9.59 Å². The maximum atomic E-state index is 13.0. The van der Waals surface area contributed by atoms with Crippen LogP contribution in [0.4, 0.5) is 4.39 Å². The number of hydrogen-bond acceptors (Lipinski definition) is 3. The molecule has 0 aliphatic heterocycles. The second-order valence-electron chi connectivity index (χ2n) is 6.10. The van der Waals surface area contributed by atoms with Crippen LogP contribution >= 0.6 is 27.3 Å². The molecule has 1 aromatic heterocycles. The summed E-state index contributed by atoms with van der Waals surface area (Å²) in [6, 6.07) is 8.50. The van der Waals surface area contributed by atoms with Crippen molar-refractivity contribution in [2.75, 3.05) is 7.05 Å². The number of amides is 2. The first-order chi connectivity index (χ1) is 11.8. The molecule has 7 heteroatoms. The van der Waals surface area contributed by atoms with Crippen molar-refractivity contribution in [1.29, 1.82) is 0 Å². The summed E-state index contributed by atoms with van der Waals surface area (Å²) in [4.78, 5) is 27.8. The van der Waals surface area contributed by atoms with E-state index in [9.17, 15) is 14.0 Å². The second kappa shape index (κ2) is 8.58. The van der Waals surface area contributed by atoms with Gasteiger partial charge in [-0.05, 0) is 58.2 Å². The van der Waals surface area contributed by atoms with E-state index in [0.717, 1.165) is 8.66 Å². The van der Waals surface area contributed by atoms with Crippen molar-refractivity contribution in [2.24, 2.45) is 5.92 Å². The minimum absolute atomic E-state index is 0.0746. The number of carbonyl (C=O) groups is 2. The molecule has 4 nitrogen and oxygen atoms in total. The van der Waals surface area contributed by atoms with Gasteiger partial charge >= 0.3 is 0 Å². The van der Waals surface area contributed by atoms with Crippen LogP contribution in [0.3, 0.4) is 0 Å². The Hall–Kier alpha value is -1.73. The molecular formula is C18H20BrFN2O2S. The quantitative estimate of drug-likeness (QED) is 0.756. The van der Waals surface area contributed by atoms with E-state index in [2.05, 4.69) is 21.2 Å². The number of halogens is 2. The molecule has 0 saturated heterocycles. The highest BCUT2D eigenvalue weighted by atomic mass is 79.9. The number of nitrogens with one attached hydrogen (secondary N) is 1. The molecule has 2 aromatic rings. The standard InChI is InChI=1S/C18H20BrFN2O2S/c1-11(2)16(21-17(23)12-4-6-13(20)7-5-12)18(24)22(3)10-14-8-9-15(19)25-14/h4-9,11,16H,10H2,1-3H3,(H,21,23)/t16-/m0/s1. The lowest BCUT2D eigenvalue weighted by atomic mass is 10.0. The fourth-order valence-electron chi connectivity index (χ4n) is 2.33. The molecule has 1 atom stereocenters. The lowest BCUT2D eigenvalue weighted by Gasteiger charge is -2.27. The van der Waals surface area contributed by atoms with E-state index in [1.807, 2.05) is 26.0 Å². The molecule has 0 saturated carbocycles. The molecule has 0 fully saturated rings. The van der Waals surface area contributed by atoms with Crippen LogP contribution in [0.2, 0.25) is 0 Å². The molecule has 0 unspecified atom stereocenters. The average molecular weight is 427 g/mol. The molecular weight excluding hydrogens is 407 g/mol. The number of nitrogens with zero attached hydrogens (tertiary/aromatic N) is 1. The third-order valence-corrected chi connectivity index (χ3v) is 5.33. The second-order valence-corrected chi connectivity index (χ2v) is 8.65. The van der Waals surface area contributed by atoms with Crippen molar-refractivity contribution in [3.63, 3.8) is 0 Å². The summed E-state index contributed by atoms with van der Waals surface area (Å²) >= 11 is 4.97. The zero-order valence-electron chi connectivity index (χ0n) is 14.3. The minimum Gasteiger partial charge on any atom is -0.340 e. The van der Waals surface area contributed by atoms with Crippen LogP contribution in [-0.2, 0) is 11.3 Å². The molecule has 0 aliphatic rings. The third-order valence-electron chi connectivity index (χ3n) is 3.72. The van der Waals surface area contributed by atoms with E-state index in [1.54, 1.807) is 23.3 Å². The molecule has 0 radical (unpaired) electrons. The largest absolute Gasteiger partial charge is 0.340 e. The molecule has 0 aliphatic carbocycles. The Labute approximate surface area is 159 Å². The summed E-state index contributed by atoms with van der Waals surface area (Å²) in [6.45, 7) is 4.23. The van der Waals surface area contributed by atoms with E-state index in [-0.39, 0.29) is 17.7 Å². The van der Waals surface area contributed by atoms with Gasteiger partial charge in [-0.15, -0.1) is 11.3 Å². The molecule has 1 N–H and O–H groups in total. The lowest BCUT2D eigenvalue weighted by molar-refractivity contribution is -0.133. The molecule has 2 amide bonds. The SMILES string of the molecule is CC(C)[C@H](NC(=O)c1ccc(F)cc1)C(=O)N(C)Cc1ccc(Br)s1. The number of rotatable bonds is 6. The Morgan fingerprint density at radius 2 is 1.84 bits per heavy atom. The first-order valence-electron chi connectivity index (χ1n) is 7.83. The first-order valence-corrected chi connectivity index (χ1v) is 9.44. The molecule has 1 heterocycles. The van der Waals surface area contributed by atoms with Crippen LogP contribution in [0.15, 0.2) is 40.2 Å². The van der Waals surface area contributed by atoms with E-state index in [4.69, 9.17) is 0 Å². The topological polar surface area (TPSA) is 49.4 Å². The highest BCUT2D eigenvalue weighted by Gasteiger charge is 2.27. The van der Waals surface area contributed by atoms with Crippen LogP contribution < -0.4 is 5.32 Å². The Balaban J connectivity index is 2.06. The van der Waals surface area contributed by atoms with Gasteiger partial charge in [0.05, 0.1) is 10.3 Å². The fourth-order valence-corrected chi connectivity index (χ4v) is 3.86. The molecule has 0 bridgehead atoms. The van der Waals surface area contributed by atoms with Crippen molar-refractivity contribution in [1.82, 2.24) is 10.2 Å². The highest BCUT2D eigenvalue weighted by molar-refractivity contribution is 9.11. The van der Waals surface area contributed by atoms with Gasteiger partial charge in [0.2, 0.25) is 5.91 Å². The van der Waals surface area contributed by atoms with Gasteiger partial charge in [0.25, 0.3) is 5.91 Å². The predicted octanol–water partition coefficient (Wildman–Crippen LogP) is 4.06. The number of benzene rings is 1. The van der Waals surface area contributed by atoms with Crippen LogP contribution in [0.1, 0.15) is 29.1 Å². The zero-order chi connectivity index (χ0) is 18.6. The number of hydrogen-bond donors (Lipinski definition) is 1. The van der Waals surface area contributed by atoms with Crippen molar-refractivity contribution in [2.45, 2.75) is 26.4 Å². The maximum Gasteiger partial charge on any atom is 0.251 e. The Morgan fingerprint density at radius 3 is 2.36 bits per heavy atom. The lowest BCUT2D eigenvalue weighted by Crippen LogP contribution is -2.49. The van der Waals surface area contributed by atoms with Gasteiger partial charge in [0, 0.05) is 17.5 Å². The van der Waals surface area contributed by atoms with Gasteiger partial charge in [-0.25, -0.2) is 4.39 Å².